The van der Waals surface area contributed by atoms with E-state index in [-0.39, 0.29) is 12.4 Å². The Morgan fingerprint density at radius 2 is 1.67 bits per heavy atom. The number of rotatable bonds is 2. The van der Waals surface area contributed by atoms with Crippen molar-refractivity contribution in [3.8, 4) is 0 Å². The van der Waals surface area contributed by atoms with E-state index < -0.39 is 0 Å². The molecule has 0 aliphatic heterocycles. The highest BCUT2D eigenvalue weighted by Crippen LogP contribution is 2.32. The molecule has 0 aromatic heterocycles. The minimum Gasteiger partial charge on any atom is -1.00 e. The predicted molar refractivity (Wildman–Crippen MR) is 86.0 cm³/mol. The predicted octanol–water partition coefficient (Wildman–Crippen LogP) is 1.42. The average Bonchev–Trinajstić information content (AvgIpc) is 2.44. The molecule has 0 heterocycles. The molecule has 0 atom stereocenters. The van der Waals surface area contributed by atoms with Gasteiger partial charge in [0.2, 0.25) is 0 Å². The zero-order valence-corrected chi connectivity index (χ0v) is 13.2. The molecule has 2 nitrogen and oxygen atoms in total. The van der Waals surface area contributed by atoms with Crippen LogP contribution in [0.5, 0.6) is 0 Å². The van der Waals surface area contributed by atoms with E-state index in [4.69, 9.17) is 11.6 Å². The van der Waals surface area contributed by atoms with Gasteiger partial charge in [-0.1, -0.05) is 35.9 Å². The van der Waals surface area contributed by atoms with Gasteiger partial charge in [0.05, 0.1) is 0 Å². The van der Waals surface area contributed by atoms with Crippen molar-refractivity contribution in [2.45, 2.75) is 6.92 Å². The van der Waals surface area contributed by atoms with Gasteiger partial charge < -0.3 is 23.5 Å². The number of hydrogen-bond acceptors (Lipinski definition) is 1. The smallest absolute Gasteiger partial charge is 0.136 e. The molecule has 0 bridgehead atoms. The Balaban J connectivity index is 0.00000161. The van der Waals surface area contributed by atoms with Crippen LogP contribution in [0.15, 0.2) is 54.6 Å². The Morgan fingerprint density at radius 1 is 0.905 bits per heavy atom. The minimum absolute atomic E-state index is 0. The number of halogens is 2. The summed E-state index contributed by atoms with van der Waals surface area (Å²) in [6.45, 7) is 2.09. The van der Waals surface area contributed by atoms with Crippen molar-refractivity contribution in [2.24, 2.45) is 0 Å². The lowest BCUT2D eigenvalue weighted by Crippen LogP contribution is -3.00. The van der Waals surface area contributed by atoms with Gasteiger partial charge >= 0.3 is 0 Å². The molecule has 3 aromatic rings. The number of fused-ring (bicyclic) bond motifs is 1. The molecule has 0 unspecified atom stereocenters. The Bertz CT molecular complexity index is 785. The van der Waals surface area contributed by atoms with Gasteiger partial charge in [0.25, 0.3) is 0 Å². The molecule has 3 rings (SSSR count). The molecule has 4 N–H and O–H groups in total. The van der Waals surface area contributed by atoms with Crippen LogP contribution in [0, 0.1) is 6.92 Å². The van der Waals surface area contributed by atoms with Crippen molar-refractivity contribution < 1.29 is 18.1 Å². The summed E-state index contributed by atoms with van der Waals surface area (Å²) in [7, 11) is 0. The van der Waals surface area contributed by atoms with Gasteiger partial charge in [0.15, 0.2) is 0 Å². The van der Waals surface area contributed by atoms with Gasteiger partial charge in [-0.15, -0.1) is 0 Å². The second kappa shape index (κ2) is 6.35. The topological polar surface area (TPSA) is 39.7 Å². The van der Waals surface area contributed by atoms with Crippen molar-refractivity contribution in [1.82, 2.24) is 0 Å². The number of nitrogens with one attached hydrogen (secondary N) is 1. The van der Waals surface area contributed by atoms with Crippen LogP contribution in [0.2, 0.25) is 5.02 Å². The summed E-state index contributed by atoms with van der Waals surface area (Å²) in [6.07, 6.45) is 0. The molecule has 0 aliphatic rings. The third kappa shape index (κ3) is 3.13. The highest BCUT2D eigenvalue weighted by Gasteiger charge is 2.08. The maximum absolute atomic E-state index is 6.08. The zero-order valence-electron chi connectivity index (χ0n) is 11.7. The second-order valence-corrected chi connectivity index (χ2v) is 5.34. The molecule has 4 heteroatoms. The number of aryl methyl sites for hydroxylation is 1. The Kier molecular flexibility index (Phi) is 4.73. The quantitative estimate of drug-likeness (QED) is 0.737. The van der Waals surface area contributed by atoms with E-state index in [1.54, 1.807) is 0 Å². The summed E-state index contributed by atoms with van der Waals surface area (Å²) in [4.78, 5) is 0. The van der Waals surface area contributed by atoms with Crippen molar-refractivity contribution in [2.75, 3.05) is 5.32 Å². The van der Waals surface area contributed by atoms with Crippen molar-refractivity contribution in [1.29, 1.82) is 0 Å². The highest BCUT2D eigenvalue weighted by atomic mass is 35.5. The Hall–Kier alpha value is -1.74. The lowest BCUT2D eigenvalue weighted by molar-refractivity contribution is -0.252. The molecule has 0 saturated heterocycles. The summed E-state index contributed by atoms with van der Waals surface area (Å²) in [5.41, 5.74) is 8.45. The van der Waals surface area contributed by atoms with Crippen LogP contribution in [0.25, 0.3) is 10.8 Å². The summed E-state index contributed by atoms with van der Waals surface area (Å²) < 4.78 is 0. The van der Waals surface area contributed by atoms with Crippen LogP contribution >= 0.6 is 11.6 Å². The maximum Gasteiger partial charge on any atom is 0.136 e. The van der Waals surface area contributed by atoms with E-state index in [0.717, 1.165) is 32.9 Å². The Morgan fingerprint density at radius 3 is 2.43 bits per heavy atom. The lowest BCUT2D eigenvalue weighted by Gasteiger charge is -2.12. The molecule has 0 radical (unpaired) electrons. The van der Waals surface area contributed by atoms with Crippen molar-refractivity contribution in [3.05, 3.63) is 65.2 Å². The standard InChI is InChI=1S/C17H15ClN2.ClH/c1-11-4-2-3-5-16(11)20-17-9-8-15(19)14-10-12(18)6-7-13(14)17;/h2-10,20H,19H2,1H3;1H. The molecular formula is C17H16Cl2N2. The third-order valence-corrected chi connectivity index (χ3v) is 3.72. The monoisotopic (exact) mass is 318 g/mol. The fourth-order valence-corrected chi connectivity index (χ4v) is 2.52. The lowest BCUT2D eigenvalue weighted by atomic mass is 10.1. The molecule has 0 fully saturated rings. The van der Waals surface area contributed by atoms with Gasteiger partial charge in [-0.25, -0.2) is 0 Å². The van der Waals surface area contributed by atoms with Crippen molar-refractivity contribution in [3.63, 3.8) is 0 Å². The van der Waals surface area contributed by atoms with E-state index in [2.05, 4.69) is 36.2 Å². The molecule has 0 amide bonds. The van der Waals surface area contributed by atoms with Crippen LogP contribution < -0.4 is 23.5 Å². The highest BCUT2D eigenvalue weighted by molar-refractivity contribution is 6.31. The van der Waals surface area contributed by atoms with Gasteiger partial charge in [-0.3, -0.25) is 0 Å². The van der Waals surface area contributed by atoms with E-state index >= 15 is 0 Å². The van der Waals surface area contributed by atoms with Crippen LogP contribution in [0.4, 0.5) is 17.1 Å². The van der Waals surface area contributed by atoms with Crippen LogP contribution in [0.1, 0.15) is 5.56 Å². The number of anilines is 2. The summed E-state index contributed by atoms with van der Waals surface area (Å²) in [5.74, 6) is 0. The molecule has 0 aliphatic carbocycles. The fraction of sp³-hybridized carbons (Fsp3) is 0.0588. The zero-order chi connectivity index (χ0) is 14.1. The van der Waals surface area contributed by atoms with Gasteiger partial charge in [0, 0.05) is 33.2 Å². The first-order valence-corrected chi connectivity index (χ1v) is 6.90. The first kappa shape index (κ1) is 15.6. The number of para-hydroxylation sites is 1. The van der Waals surface area contributed by atoms with Crippen molar-refractivity contribution >= 4 is 39.4 Å². The van der Waals surface area contributed by atoms with E-state index in [1.165, 1.54) is 5.56 Å². The van der Waals surface area contributed by atoms with Crippen LogP contribution in [-0.4, -0.2) is 0 Å². The van der Waals surface area contributed by atoms with Crippen LogP contribution in [0.3, 0.4) is 0 Å². The molecule has 108 valence electrons. The number of hydrogen-bond donors (Lipinski definition) is 2. The Labute approximate surface area is 135 Å². The average molecular weight is 319 g/mol. The van der Waals surface area contributed by atoms with E-state index in [0.29, 0.717) is 0 Å². The largest absolute Gasteiger partial charge is 1.00 e. The van der Waals surface area contributed by atoms with E-state index in [9.17, 15) is 0 Å². The number of benzene rings is 3. The third-order valence-electron chi connectivity index (χ3n) is 3.48. The maximum atomic E-state index is 6.08. The fourth-order valence-electron chi connectivity index (χ4n) is 2.35. The summed E-state index contributed by atoms with van der Waals surface area (Å²) >= 11 is 6.08. The molecule has 3 aromatic carbocycles. The van der Waals surface area contributed by atoms with Gasteiger partial charge in [-0.2, -0.15) is 0 Å². The van der Waals surface area contributed by atoms with Gasteiger partial charge in [0.1, 0.15) is 5.69 Å². The molecular weight excluding hydrogens is 303 g/mol. The minimum atomic E-state index is 0. The van der Waals surface area contributed by atoms with E-state index in [1.807, 2.05) is 36.4 Å². The number of quaternary nitrogens is 1. The molecule has 0 saturated carbocycles. The van der Waals surface area contributed by atoms with Gasteiger partial charge in [-0.05, 0) is 36.8 Å². The molecule has 0 spiro atoms. The molecule has 21 heavy (non-hydrogen) atoms. The normalized spacial score (nSPS) is 10.2. The first-order valence-electron chi connectivity index (χ1n) is 6.52. The summed E-state index contributed by atoms with van der Waals surface area (Å²) in [6, 6.07) is 18.2. The first-order chi connectivity index (χ1) is 9.65. The van der Waals surface area contributed by atoms with Crippen LogP contribution in [-0.2, 0) is 0 Å². The second-order valence-electron chi connectivity index (χ2n) is 4.90. The SMILES string of the molecule is Cc1ccccc1Nc1ccc([NH3+])c2cc(Cl)ccc12.[Cl-]. The summed E-state index contributed by atoms with van der Waals surface area (Å²) in [5, 5.41) is 6.43.